The Bertz CT molecular complexity index is 589. The molecule has 0 aliphatic carbocycles. The Morgan fingerprint density at radius 2 is 1.95 bits per heavy atom. The second-order valence-corrected chi connectivity index (χ2v) is 4.13. The highest BCUT2D eigenvalue weighted by atomic mass is 16.4. The van der Waals surface area contributed by atoms with E-state index in [0.717, 1.165) is 0 Å². The van der Waals surface area contributed by atoms with Crippen LogP contribution < -0.4 is 0 Å². The van der Waals surface area contributed by atoms with E-state index in [2.05, 4.69) is 0 Å². The van der Waals surface area contributed by atoms with Crippen molar-refractivity contribution in [3.63, 3.8) is 0 Å². The van der Waals surface area contributed by atoms with Crippen LogP contribution in [0.15, 0.2) is 47.1 Å². The van der Waals surface area contributed by atoms with Crippen LogP contribution in [0.1, 0.15) is 26.5 Å². The molecule has 5 heteroatoms. The van der Waals surface area contributed by atoms with Crippen LogP contribution in [0, 0.1) is 0 Å². The molecule has 0 aliphatic rings. The SMILES string of the molecule is CN(Cc1ccco1)C(=O)c1cccc(C(=O)O)c1. The average Bonchev–Trinajstić information content (AvgIpc) is 2.90. The number of aromatic carboxylic acids is 1. The van der Waals surface area contributed by atoms with Crippen LogP contribution in [-0.2, 0) is 6.54 Å². The van der Waals surface area contributed by atoms with Gasteiger partial charge in [0.1, 0.15) is 5.76 Å². The number of hydrogen-bond donors (Lipinski definition) is 1. The fourth-order valence-electron chi connectivity index (χ4n) is 1.71. The number of carbonyl (C=O) groups is 2. The maximum Gasteiger partial charge on any atom is 0.335 e. The van der Waals surface area contributed by atoms with Gasteiger partial charge in [-0.3, -0.25) is 4.79 Å². The van der Waals surface area contributed by atoms with Gasteiger partial charge in [0.2, 0.25) is 0 Å². The van der Waals surface area contributed by atoms with Crippen LogP contribution in [0.2, 0.25) is 0 Å². The molecule has 0 radical (unpaired) electrons. The lowest BCUT2D eigenvalue weighted by Gasteiger charge is -2.15. The molecule has 0 spiro atoms. The van der Waals surface area contributed by atoms with E-state index in [1.807, 2.05) is 0 Å². The van der Waals surface area contributed by atoms with Crippen LogP contribution in [0.5, 0.6) is 0 Å². The lowest BCUT2D eigenvalue weighted by molar-refractivity contribution is 0.0697. The van der Waals surface area contributed by atoms with E-state index in [4.69, 9.17) is 9.52 Å². The van der Waals surface area contributed by atoms with Crippen molar-refractivity contribution >= 4 is 11.9 Å². The number of rotatable bonds is 4. The third-order valence-electron chi connectivity index (χ3n) is 2.68. The Morgan fingerprint density at radius 3 is 2.58 bits per heavy atom. The Morgan fingerprint density at radius 1 is 1.21 bits per heavy atom. The fraction of sp³-hybridized carbons (Fsp3) is 0.143. The van der Waals surface area contributed by atoms with Crippen molar-refractivity contribution in [2.45, 2.75) is 6.54 Å². The quantitative estimate of drug-likeness (QED) is 0.914. The highest BCUT2D eigenvalue weighted by molar-refractivity contribution is 5.97. The first-order valence-corrected chi connectivity index (χ1v) is 5.69. The summed E-state index contributed by atoms with van der Waals surface area (Å²) in [5.74, 6) is -0.631. The molecule has 19 heavy (non-hydrogen) atoms. The van der Waals surface area contributed by atoms with Crippen molar-refractivity contribution in [1.82, 2.24) is 4.90 Å². The molecule has 0 aliphatic heterocycles. The van der Waals surface area contributed by atoms with Gasteiger partial charge in [0.05, 0.1) is 18.4 Å². The molecule has 0 saturated carbocycles. The minimum atomic E-state index is -1.05. The molecule has 1 aromatic heterocycles. The molecule has 0 fully saturated rings. The van der Waals surface area contributed by atoms with Crippen molar-refractivity contribution in [2.75, 3.05) is 7.05 Å². The van der Waals surface area contributed by atoms with Crippen LogP contribution in [-0.4, -0.2) is 28.9 Å². The molecule has 0 atom stereocenters. The van der Waals surface area contributed by atoms with Gasteiger partial charge >= 0.3 is 5.97 Å². The Hall–Kier alpha value is -2.56. The van der Waals surface area contributed by atoms with Gasteiger partial charge in [-0.1, -0.05) is 6.07 Å². The average molecular weight is 259 g/mol. The number of benzene rings is 1. The van der Waals surface area contributed by atoms with Gasteiger partial charge in [-0.2, -0.15) is 0 Å². The largest absolute Gasteiger partial charge is 0.478 e. The van der Waals surface area contributed by atoms with E-state index >= 15 is 0 Å². The first-order chi connectivity index (χ1) is 9.08. The molecule has 2 aromatic rings. The summed E-state index contributed by atoms with van der Waals surface area (Å²) in [5.41, 5.74) is 0.436. The molecule has 5 nitrogen and oxygen atoms in total. The van der Waals surface area contributed by atoms with Gasteiger partial charge in [-0.25, -0.2) is 4.79 Å². The van der Waals surface area contributed by atoms with Gasteiger partial charge in [0, 0.05) is 12.6 Å². The molecule has 0 bridgehead atoms. The summed E-state index contributed by atoms with van der Waals surface area (Å²) in [5, 5.41) is 8.90. The Balaban J connectivity index is 2.14. The predicted molar refractivity (Wildman–Crippen MR) is 67.9 cm³/mol. The molecule has 2 rings (SSSR count). The maximum atomic E-state index is 12.1. The first-order valence-electron chi connectivity index (χ1n) is 5.69. The van der Waals surface area contributed by atoms with E-state index in [0.29, 0.717) is 17.9 Å². The van der Waals surface area contributed by atoms with E-state index in [1.54, 1.807) is 37.6 Å². The zero-order valence-electron chi connectivity index (χ0n) is 10.4. The smallest absolute Gasteiger partial charge is 0.335 e. The second kappa shape index (κ2) is 5.39. The van der Waals surface area contributed by atoms with E-state index in [-0.39, 0.29) is 11.5 Å². The number of carbonyl (C=O) groups excluding carboxylic acids is 1. The highest BCUT2D eigenvalue weighted by Gasteiger charge is 2.14. The molecule has 1 amide bonds. The highest BCUT2D eigenvalue weighted by Crippen LogP contribution is 2.11. The van der Waals surface area contributed by atoms with Crippen molar-refractivity contribution in [3.8, 4) is 0 Å². The molecule has 1 N–H and O–H groups in total. The third kappa shape index (κ3) is 3.01. The summed E-state index contributed by atoms with van der Waals surface area (Å²) in [6.07, 6.45) is 1.54. The van der Waals surface area contributed by atoms with E-state index in [9.17, 15) is 9.59 Å². The van der Waals surface area contributed by atoms with Gasteiger partial charge in [-0.05, 0) is 30.3 Å². The summed E-state index contributed by atoms with van der Waals surface area (Å²) < 4.78 is 5.16. The topological polar surface area (TPSA) is 70.8 Å². The number of hydrogen-bond acceptors (Lipinski definition) is 3. The molecule has 1 heterocycles. The number of nitrogens with zero attached hydrogens (tertiary/aromatic N) is 1. The van der Waals surface area contributed by atoms with Gasteiger partial charge in [0.15, 0.2) is 0 Å². The Labute approximate surface area is 110 Å². The minimum Gasteiger partial charge on any atom is -0.478 e. The molecule has 0 saturated heterocycles. The van der Waals surface area contributed by atoms with Crippen molar-refractivity contribution in [3.05, 3.63) is 59.5 Å². The number of carboxylic acids is 1. The molecular weight excluding hydrogens is 246 g/mol. The predicted octanol–water partition coefficient (Wildman–Crippen LogP) is 2.25. The van der Waals surface area contributed by atoms with Gasteiger partial charge in [-0.15, -0.1) is 0 Å². The lowest BCUT2D eigenvalue weighted by Crippen LogP contribution is -2.26. The Kier molecular flexibility index (Phi) is 3.66. The monoisotopic (exact) mass is 259 g/mol. The van der Waals surface area contributed by atoms with Crippen molar-refractivity contribution in [2.24, 2.45) is 0 Å². The zero-order valence-corrected chi connectivity index (χ0v) is 10.4. The van der Waals surface area contributed by atoms with Gasteiger partial charge in [0.25, 0.3) is 5.91 Å². The molecular formula is C14H13NO4. The van der Waals surface area contributed by atoms with Crippen LogP contribution in [0.4, 0.5) is 0 Å². The van der Waals surface area contributed by atoms with E-state index in [1.165, 1.54) is 17.0 Å². The normalized spacial score (nSPS) is 10.2. The number of carboxylic acid groups (broad SMARTS) is 1. The molecule has 0 unspecified atom stereocenters. The molecule has 1 aromatic carbocycles. The standard InChI is InChI=1S/C14H13NO4/c1-15(9-12-6-3-7-19-12)13(16)10-4-2-5-11(8-10)14(17)18/h2-8H,9H2,1H3,(H,17,18). The summed E-state index contributed by atoms with van der Waals surface area (Å²) in [6, 6.07) is 9.48. The van der Waals surface area contributed by atoms with Crippen molar-refractivity contribution < 1.29 is 19.1 Å². The minimum absolute atomic E-state index is 0.0947. The fourth-order valence-corrected chi connectivity index (χ4v) is 1.71. The second-order valence-electron chi connectivity index (χ2n) is 4.13. The summed E-state index contributed by atoms with van der Waals surface area (Å²) >= 11 is 0. The summed E-state index contributed by atoms with van der Waals surface area (Å²) in [7, 11) is 1.64. The maximum absolute atomic E-state index is 12.1. The molecule has 98 valence electrons. The summed E-state index contributed by atoms with van der Waals surface area (Å²) in [6.45, 7) is 0.336. The number of amides is 1. The van der Waals surface area contributed by atoms with Crippen LogP contribution in [0.3, 0.4) is 0 Å². The van der Waals surface area contributed by atoms with Crippen molar-refractivity contribution in [1.29, 1.82) is 0 Å². The third-order valence-corrected chi connectivity index (χ3v) is 2.68. The summed E-state index contributed by atoms with van der Waals surface area (Å²) in [4.78, 5) is 24.5. The lowest BCUT2D eigenvalue weighted by atomic mass is 10.1. The van der Waals surface area contributed by atoms with E-state index < -0.39 is 5.97 Å². The zero-order chi connectivity index (χ0) is 13.8. The number of furan rings is 1. The van der Waals surface area contributed by atoms with Crippen LogP contribution >= 0.6 is 0 Å². The van der Waals surface area contributed by atoms with Crippen LogP contribution in [0.25, 0.3) is 0 Å². The van der Waals surface area contributed by atoms with Gasteiger partial charge < -0.3 is 14.4 Å². The first kappa shape index (κ1) is 12.9.